The zero-order chi connectivity index (χ0) is 17.0. The van der Waals surface area contributed by atoms with E-state index in [4.69, 9.17) is 10.5 Å². The van der Waals surface area contributed by atoms with Crippen molar-refractivity contribution < 1.29 is 9.53 Å². The number of carbonyl (C=O) groups excluding carboxylic acids is 1. The van der Waals surface area contributed by atoms with Gasteiger partial charge in [0.2, 0.25) is 5.91 Å². The van der Waals surface area contributed by atoms with Crippen LogP contribution in [-0.4, -0.2) is 13.0 Å². The molecular weight excluding hydrogens is 288 g/mol. The van der Waals surface area contributed by atoms with Gasteiger partial charge >= 0.3 is 0 Å². The summed E-state index contributed by atoms with van der Waals surface area (Å²) in [6, 6.07) is 14.3. The second-order valence-corrected chi connectivity index (χ2v) is 6.57. The molecule has 23 heavy (non-hydrogen) atoms. The maximum absolute atomic E-state index is 12.3. The summed E-state index contributed by atoms with van der Waals surface area (Å²) in [5.41, 5.74) is 8.81. The second kappa shape index (κ2) is 6.84. The quantitative estimate of drug-likeness (QED) is 0.906. The molecule has 0 aliphatic carbocycles. The van der Waals surface area contributed by atoms with Crippen LogP contribution < -0.4 is 15.8 Å². The first-order valence-electron chi connectivity index (χ1n) is 7.62. The van der Waals surface area contributed by atoms with E-state index in [9.17, 15) is 4.79 Å². The summed E-state index contributed by atoms with van der Waals surface area (Å²) in [5, 5.41) is 2.85. The number of hydrogen-bond acceptors (Lipinski definition) is 3. The molecular formula is C19H24N2O2. The molecule has 0 aliphatic rings. The van der Waals surface area contributed by atoms with Gasteiger partial charge in [-0.1, -0.05) is 45.0 Å². The largest absolute Gasteiger partial charge is 0.497 e. The third-order valence-corrected chi connectivity index (χ3v) is 3.78. The molecule has 0 spiro atoms. The number of amides is 1. The minimum absolute atomic E-state index is 0.0854. The number of ether oxygens (including phenoxy) is 1. The van der Waals surface area contributed by atoms with Crippen molar-refractivity contribution >= 4 is 11.6 Å². The summed E-state index contributed by atoms with van der Waals surface area (Å²) >= 11 is 0. The van der Waals surface area contributed by atoms with Crippen molar-refractivity contribution in [2.45, 2.75) is 32.2 Å². The number of anilines is 1. The lowest BCUT2D eigenvalue weighted by molar-refractivity contribution is -0.117. The first-order chi connectivity index (χ1) is 10.8. The van der Waals surface area contributed by atoms with Crippen molar-refractivity contribution in [2.24, 2.45) is 5.73 Å². The van der Waals surface area contributed by atoms with Gasteiger partial charge in [-0.15, -0.1) is 0 Å². The topological polar surface area (TPSA) is 64.3 Å². The molecule has 4 nitrogen and oxygen atoms in total. The summed E-state index contributed by atoms with van der Waals surface area (Å²) in [4.78, 5) is 12.3. The maximum atomic E-state index is 12.3. The van der Waals surface area contributed by atoms with Crippen molar-refractivity contribution in [3.63, 3.8) is 0 Å². The van der Waals surface area contributed by atoms with Gasteiger partial charge in [0.05, 0.1) is 7.11 Å². The Morgan fingerprint density at radius 3 is 2.09 bits per heavy atom. The molecule has 0 aliphatic heterocycles. The highest BCUT2D eigenvalue weighted by atomic mass is 16.5. The summed E-state index contributed by atoms with van der Waals surface area (Å²) in [5.74, 6) is 0.498. The Bertz CT molecular complexity index is 655. The first kappa shape index (κ1) is 17.0. The average molecular weight is 312 g/mol. The molecule has 0 saturated heterocycles. The van der Waals surface area contributed by atoms with Gasteiger partial charge in [0.15, 0.2) is 0 Å². The molecule has 0 aromatic heterocycles. The van der Waals surface area contributed by atoms with Gasteiger partial charge in [-0.3, -0.25) is 4.79 Å². The van der Waals surface area contributed by atoms with Crippen LogP contribution in [0.15, 0.2) is 48.5 Å². The van der Waals surface area contributed by atoms with Crippen LogP contribution in [0.4, 0.5) is 5.69 Å². The third kappa shape index (κ3) is 4.33. The van der Waals surface area contributed by atoms with E-state index in [2.05, 4.69) is 26.1 Å². The van der Waals surface area contributed by atoms with Crippen LogP contribution in [0.2, 0.25) is 0 Å². The highest BCUT2D eigenvalue weighted by molar-refractivity contribution is 5.95. The fourth-order valence-electron chi connectivity index (χ4n) is 2.24. The molecule has 2 rings (SSSR count). The van der Waals surface area contributed by atoms with Crippen LogP contribution in [-0.2, 0) is 10.2 Å². The Morgan fingerprint density at radius 1 is 1.04 bits per heavy atom. The molecule has 122 valence electrons. The van der Waals surface area contributed by atoms with E-state index in [0.717, 1.165) is 17.0 Å². The Balaban J connectivity index is 2.05. The molecule has 0 bridgehead atoms. The van der Waals surface area contributed by atoms with Crippen LogP contribution in [0.3, 0.4) is 0 Å². The standard InChI is InChI=1S/C19H24N2O2/c1-19(2,3)14-7-9-15(10-8-14)21-18(22)17(20)13-5-11-16(23-4)12-6-13/h5-12,17H,20H2,1-4H3,(H,21,22)/t17-/m1/s1. The van der Waals surface area contributed by atoms with E-state index in [0.29, 0.717) is 0 Å². The molecule has 4 heteroatoms. The molecule has 1 atom stereocenters. The molecule has 3 N–H and O–H groups in total. The Hall–Kier alpha value is -2.33. The van der Waals surface area contributed by atoms with Gasteiger partial charge in [-0.25, -0.2) is 0 Å². The van der Waals surface area contributed by atoms with Gasteiger partial charge in [0.1, 0.15) is 11.8 Å². The van der Waals surface area contributed by atoms with Crippen molar-refractivity contribution in [3.05, 3.63) is 59.7 Å². The maximum Gasteiger partial charge on any atom is 0.245 e. The number of nitrogens with two attached hydrogens (primary N) is 1. The average Bonchev–Trinajstić information content (AvgIpc) is 2.54. The van der Waals surface area contributed by atoms with Crippen LogP contribution in [0, 0.1) is 0 Å². The lowest BCUT2D eigenvalue weighted by Crippen LogP contribution is -2.27. The van der Waals surface area contributed by atoms with Gasteiger partial charge in [0.25, 0.3) is 0 Å². The monoisotopic (exact) mass is 312 g/mol. The van der Waals surface area contributed by atoms with E-state index in [1.54, 1.807) is 31.4 Å². The lowest BCUT2D eigenvalue weighted by Gasteiger charge is -2.19. The fraction of sp³-hybridized carbons (Fsp3) is 0.316. The van der Waals surface area contributed by atoms with Gasteiger partial charge in [0, 0.05) is 5.69 Å². The van der Waals surface area contributed by atoms with Crippen LogP contribution in [0.5, 0.6) is 5.75 Å². The number of hydrogen-bond donors (Lipinski definition) is 2. The molecule has 0 unspecified atom stereocenters. The summed E-state index contributed by atoms with van der Waals surface area (Å²) in [6.45, 7) is 6.46. The number of benzene rings is 2. The molecule has 0 heterocycles. The normalized spacial score (nSPS) is 12.6. The van der Waals surface area contributed by atoms with Gasteiger partial charge in [-0.05, 0) is 40.8 Å². The second-order valence-electron chi connectivity index (χ2n) is 6.57. The van der Waals surface area contributed by atoms with Crippen molar-refractivity contribution in [1.29, 1.82) is 0 Å². The zero-order valence-electron chi connectivity index (χ0n) is 14.1. The van der Waals surface area contributed by atoms with Crippen LogP contribution >= 0.6 is 0 Å². The molecule has 1 amide bonds. The Kier molecular flexibility index (Phi) is 5.06. The highest BCUT2D eigenvalue weighted by Gasteiger charge is 2.17. The lowest BCUT2D eigenvalue weighted by atomic mass is 9.87. The minimum Gasteiger partial charge on any atom is -0.497 e. The predicted octanol–water partition coefficient (Wildman–Crippen LogP) is 3.63. The number of nitrogens with one attached hydrogen (secondary N) is 1. The number of carbonyl (C=O) groups is 1. The summed E-state index contributed by atoms with van der Waals surface area (Å²) in [7, 11) is 1.60. The molecule has 2 aromatic carbocycles. The summed E-state index contributed by atoms with van der Waals surface area (Å²) < 4.78 is 5.10. The van der Waals surface area contributed by atoms with Gasteiger partial charge < -0.3 is 15.8 Å². The number of rotatable bonds is 4. The first-order valence-corrected chi connectivity index (χ1v) is 7.62. The van der Waals surface area contributed by atoms with E-state index < -0.39 is 6.04 Å². The predicted molar refractivity (Wildman–Crippen MR) is 93.7 cm³/mol. The molecule has 0 fully saturated rings. The van der Waals surface area contributed by atoms with Crippen molar-refractivity contribution in [3.8, 4) is 5.75 Å². The van der Waals surface area contributed by atoms with E-state index in [1.807, 2.05) is 24.3 Å². The molecule has 0 radical (unpaired) electrons. The van der Waals surface area contributed by atoms with Crippen molar-refractivity contribution in [2.75, 3.05) is 12.4 Å². The number of methoxy groups -OCH3 is 1. The third-order valence-electron chi connectivity index (χ3n) is 3.78. The SMILES string of the molecule is COc1ccc([C@@H](N)C(=O)Nc2ccc(C(C)(C)C)cc2)cc1. The van der Waals surface area contributed by atoms with E-state index in [1.165, 1.54) is 5.56 Å². The van der Waals surface area contributed by atoms with Crippen molar-refractivity contribution in [1.82, 2.24) is 0 Å². The molecule has 2 aromatic rings. The van der Waals surface area contributed by atoms with E-state index in [-0.39, 0.29) is 11.3 Å². The Morgan fingerprint density at radius 2 is 1.61 bits per heavy atom. The fourth-order valence-corrected chi connectivity index (χ4v) is 2.24. The highest BCUT2D eigenvalue weighted by Crippen LogP contribution is 2.24. The summed E-state index contributed by atoms with van der Waals surface area (Å²) in [6.07, 6.45) is 0. The van der Waals surface area contributed by atoms with Crippen LogP contribution in [0.1, 0.15) is 37.9 Å². The smallest absolute Gasteiger partial charge is 0.245 e. The van der Waals surface area contributed by atoms with Crippen LogP contribution in [0.25, 0.3) is 0 Å². The van der Waals surface area contributed by atoms with Gasteiger partial charge in [-0.2, -0.15) is 0 Å². The molecule has 0 saturated carbocycles. The van der Waals surface area contributed by atoms with E-state index >= 15 is 0 Å². The Labute approximate surface area is 137 Å². The zero-order valence-corrected chi connectivity index (χ0v) is 14.1. The minimum atomic E-state index is -0.719.